The van der Waals surface area contributed by atoms with Crippen LogP contribution in [0.3, 0.4) is 0 Å². The Morgan fingerprint density at radius 1 is 1.27 bits per heavy atom. The molecule has 1 N–H and O–H groups in total. The molecule has 0 aromatic heterocycles. The molecule has 0 spiro atoms. The molecule has 0 fully saturated rings. The predicted molar refractivity (Wildman–Crippen MR) is 45.1 cm³/mol. The lowest BCUT2D eigenvalue weighted by Gasteiger charge is -2.21. The second-order valence-corrected chi connectivity index (χ2v) is 2.48. The fourth-order valence-electron chi connectivity index (χ4n) is 0.773. The van der Waals surface area contributed by atoms with Gasteiger partial charge in [0.1, 0.15) is 0 Å². The number of urea groups is 1. The highest BCUT2D eigenvalue weighted by molar-refractivity contribution is 5.73. The van der Waals surface area contributed by atoms with Gasteiger partial charge in [0.2, 0.25) is 0 Å². The van der Waals surface area contributed by atoms with Crippen LogP contribution in [-0.4, -0.2) is 43.1 Å². The maximum Gasteiger partial charge on any atom is 0.331 e. The van der Waals surface area contributed by atoms with E-state index in [1.165, 1.54) is 0 Å². The number of carbonyl (C=O) groups excluding carboxylic acids is 1. The lowest BCUT2D eigenvalue weighted by molar-refractivity contribution is 0.175. The summed E-state index contributed by atoms with van der Waals surface area (Å²) in [5, 5.41) is 1.64. The molecule has 4 nitrogen and oxygen atoms in total. The van der Waals surface area contributed by atoms with Crippen molar-refractivity contribution in [2.45, 2.75) is 13.8 Å². The first-order valence-corrected chi connectivity index (χ1v) is 3.84. The van der Waals surface area contributed by atoms with Gasteiger partial charge in [-0.15, -0.1) is 0 Å². The van der Waals surface area contributed by atoms with Crippen LogP contribution in [0.2, 0.25) is 0 Å². The lowest BCUT2D eigenvalue weighted by Crippen LogP contribution is -2.45. The monoisotopic (exact) mass is 159 g/mol. The third-order valence-corrected chi connectivity index (χ3v) is 1.37. The van der Waals surface area contributed by atoms with Crippen LogP contribution in [0, 0.1) is 0 Å². The molecule has 0 atom stereocenters. The van der Waals surface area contributed by atoms with Crippen LogP contribution in [0.15, 0.2) is 0 Å². The molecule has 2 amide bonds. The molecule has 11 heavy (non-hydrogen) atoms. The summed E-state index contributed by atoms with van der Waals surface area (Å²) >= 11 is 0. The van der Waals surface area contributed by atoms with Crippen LogP contribution in [-0.2, 0) is 0 Å². The Balaban J connectivity index is 3.79. The summed E-state index contributed by atoms with van der Waals surface area (Å²) in [7, 11) is 3.59. The maximum atomic E-state index is 11.2. The summed E-state index contributed by atoms with van der Waals surface area (Å²) in [5.74, 6) is 0. The molecular weight excluding hydrogens is 142 g/mol. The van der Waals surface area contributed by atoms with Gasteiger partial charge < -0.3 is 4.90 Å². The van der Waals surface area contributed by atoms with Crippen molar-refractivity contribution in [1.29, 1.82) is 0 Å². The average molecular weight is 159 g/mol. The SMILES string of the molecule is CCN(CC)C(=O)NN(C)C. The van der Waals surface area contributed by atoms with Gasteiger partial charge in [-0.05, 0) is 13.8 Å². The van der Waals surface area contributed by atoms with Gasteiger partial charge >= 0.3 is 6.03 Å². The van der Waals surface area contributed by atoms with Gasteiger partial charge in [0, 0.05) is 27.2 Å². The van der Waals surface area contributed by atoms with Gasteiger partial charge in [-0.1, -0.05) is 0 Å². The minimum atomic E-state index is -0.0417. The van der Waals surface area contributed by atoms with E-state index in [2.05, 4.69) is 5.43 Å². The van der Waals surface area contributed by atoms with E-state index in [0.29, 0.717) is 0 Å². The zero-order chi connectivity index (χ0) is 8.85. The van der Waals surface area contributed by atoms with E-state index >= 15 is 0 Å². The smallest absolute Gasteiger partial charge is 0.324 e. The Hall–Kier alpha value is -0.770. The molecule has 4 heteroatoms. The highest BCUT2D eigenvalue weighted by Crippen LogP contribution is 1.87. The van der Waals surface area contributed by atoms with Crippen LogP contribution in [0.25, 0.3) is 0 Å². The van der Waals surface area contributed by atoms with E-state index in [-0.39, 0.29) is 6.03 Å². The van der Waals surface area contributed by atoms with E-state index in [4.69, 9.17) is 0 Å². The molecule has 0 aliphatic heterocycles. The van der Waals surface area contributed by atoms with Crippen LogP contribution < -0.4 is 5.43 Å². The highest BCUT2D eigenvalue weighted by atomic mass is 16.2. The largest absolute Gasteiger partial charge is 0.331 e. The topological polar surface area (TPSA) is 35.6 Å². The quantitative estimate of drug-likeness (QED) is 0.609. The van der Waals surface area contributed by atoms with Crippen molar-refractivity contribution in [3.05, 3.63) is 0 Å². The van der Waals surface area contributed by atoms with E-state index in [1.807, 2.05) is 13.8 Å². The van der Waals surface area contributed by atoms with Crippen molar-refractivity contribution in [2.24, 2.45) is 0 Å². The lowest BCUT2D eigenvalue weighted by atomic mass is 10.5. The summed E-state index contributed by atoms with van der Waals surface area (Å²) < 4.78 is 0. The van der Waals surface area contributed by atoms with Gasteiger partial charge in [-0.2, -0.15) is 0 Å². The summed E-state index contributed by atoms with van der Waals surface area (Å²) in [6, 6.07) is -0.0417. The fraction of sp³-hybridized carbons (Fsp3) is 0.857. The van der Waals surface area contributed by atoms with Gasteiger partial charge in [0.25, 0.3) is 0 Å². The standard InChI is InChI=1S/C7H17N3O/c1-5-10(6-2)7(11)8-9(3)4/h5-6H2,1-4H3,(H,8,11). The molecule has 0 radical (unpaired) electrons. The number of nitrogens with zero attached hydrogens (tertiary/aromatic N) is 2. The van der Waals surface area contributed by atoms with Crippen LogP contribution in [0.4, 0.5) is 4.79 Å². The second kappa shape index (κ2) is 4.96. The van der Waals surface area contributed by atoms with Crippen LogP contribution >= 0.6 is 0 Å². The van der Waals surface area contributed by atoms with E-state index < -0.39 is 0 Å². The van der Waals surface area contributed by atoms with Crippen molar-refractivity contribution in [3.8, 4) is 0 Å². The predicted octanol–water partition coefficient (Wildman–Crippen LogP) is 0.514. The highest BCUT2D eigenvalue weighted by Gasteiger charge is 2.07. The first kappa shape index (κ1) is 10.2. The first-order valence-electron chi connectivity index (χ1n) is 3.84. The van der Waals surface area contributed by atoms with Gasteiger partial charge in [0.05, 0.1) is 0 Å². The number of rotatable bonds is 3. The van der Waals surface area contributed by atoms with E-state index in [1.54, 1.807) is 24.0 Å². The zero-order valence-electron chi connectivity index (χ0n) is 7.72. The van der Waals surface area contributed by atoms with Crippen molar-refractivity contribution in [2.75, 3.05) is 27.2 Å². The number of carbonyl (C=O) groups is 1. The Morgan fingerprint density at radius 2 is 1.73 bits per heavy atom. The maximum absolute atomic E-state index is 11.2. The molecule has 0 saturated carbocycles. The third-order valence-electron chi connectivity index (χ3n) is 1.37. The number of hydrogen-bond acceptors (Lipinski definition) is 2. The Morgan fingerprint density at radius 3 is 2.00 bits per heavy atom. The third kappa shape index (κ3) is 3.83. The normalized spacial score (nSPS) is 9.91. The fourth-order valence-corrected chi connectivity index (χ4v) is 0.773. The number of hydrazine groups is 1. The molecule has 0 saturated heterocycles. The van der Waals surface area contributed by atoms with Crippen LogP contribution in [0.1, 0.15) is 13.8 Å². The molecule has 0 unspecified atom stereocenters. The van der Waals surface area contributed by atoms with E-state index in [0.717, 1.165) is 13.1 Å². The van der Waals surface area contributed by atoms with Gasteiger partial charge in [-0.3, -0.25) is 5.43 Å². The molecule has 0 heterocycles. The summed E-state index contributed by atoms with van der Waals surface area (Å²) in [6.45, 7) is 5.41. The molecule has 0 aliphatic carbocycles. The number of amides is 2. The zero-order valence-corrected chi connectivity index (χ0v) is 7.72. The minimum Gasteiger partial charge on any atom is -0.324 e. The van der Waals surface area contributed by atoms with Crippen molar-refractivity contribution in [1.82, 2.24) is 15.3 Å². The summed E-state index contributed by atoms with van der Waals surface area (Å²) in [5.41, 5.74) is 2.66. The summed E-state index contributed by atoms with van der Waals surface area (Å²) in [4.78, 5) is 12.9. The average Bonchev–Trinajstić information content (AvgIpc) is 1.88. The van der Waals surface area contributed by atoms with E-state index in [9.17, 15) is 4.79 Å². The Bertz CT molecular complexity index is 121. The minimum absolute atomic E-state index is 0.0417. The van der Waals surface area contributed by atoms with Crippen LogP contribution in [0.5, 0.6) is 0 Å². The molecule has 0 aromatic carbocycles. The second-order valence-electron chi connectivity index (χ2n) is 2.48. The first-order chi connectivity index (χ1) is 5.11. The summed E-state index contributed by atoms with van der Waals surface area (Å²) in [6.07, 6.45) is 0. The molecule has 0 rings (SSSR count). The number of hydrogen-bond donors (Lipinski definition) is 1. The number of nitrogens with one attached hydrogen (secondary N) is 1. The van der Waals surface area contributed by atoms with Gasteiger partial charge in [-0.25, -0.2) is 9.80 Å². The molecule has 0 aromatic rings. The molecule has 0 aliphatic rings. The molecular formula is C7H17N3O. The Kier molecular flexibility index (Phi) is 4.61. The Labute approximate surface area is 68.1 Å². The van der Waals surface area contributed by atoms with Gasteiger partial charge in [0.15, 0.2) is 0 Å². The van der Waals surface area contributed by atoms with Crippen molar-refractivity contribution < 1.29 is 4.79 Å². The molecule has 66 valence electrons. The van der Waals surface area contributed by atoms with Crippen molar-refractivity contribution in [3.63, 3.8) is 0 Å². The molecule has 0 bridgehead atoms. The van der Waals surface area contributed by atoms with Crippen molar-refractivity contribution >= 4 is 6.03 Å².